The second kappa shape index (κ2) is 6.86. The fraction of sp³-hybridized carbons (Fsp3) is 0.917. The standard InChI is InChI=1S/C12H22N2OS.ClH/c1-9-10(2)16-7-6-14(9)12(15)8-11-4-3-5-13-11;/h9-11,13H,3-8H2,1-2H3;1H. The van der Waals surface area contributed by atoms with Crippen LogP contribution in [0.3, 0.4) is 0 Å². The van der Waals surface area contributed by atoms with E-state index in [1.54, 1.807) is 0 Å². The Kier molecular flexibility index (Phi) is 6.10. The van der Waals surface area contributed by atoms with E-state index in [0.29, 0.717) is 29.7 Å². The largest absolute Gasteiger partial charge is 0.338 e. The van der Waals surface area contributed by atoms with E-state index in [2.05, 4.69) is 24.1 Å². The van der Waals surface area contributed by atoms with Crippen LogP contribution in [0.1, 0.15) is 33.1 Å². The number of rotatable bonds is 2. The zero-order valence-corrected chi connectivity index (χ0v) is 12.3. The average molecular weight is 279 g/mol. The smallest absolute Gasteiger partial charge is 0.224 e. The molecule has 0 aliphatic carbocycles. The summed E-state index contributed by atoms with van der Waals surface area (Å²) in [7, 11) is 0. The third-order valence-corrected chi connectivity index (χ3v) is 5.13. The summed E-state index contributed by atoms with van der Waals surface area (Å²) in [6.07, 6.45) is 3.08. The van der Waals surface area contributed by atoms with Crippen LogP contribution in [0.25, 0.3) is 0 Å². The van der Waals surface area contributed by atoms with Gasteiger partial charge in [-0.1, -0.05) is 6.92 Å². The Morgan fingerprint density at radius 1 is 1.47 bits per heavy atom. The fourth-order valence-corrected chi connectivity index (χ4v) is 3.64. The lowest BCUT2D eigenvalue weighted by atomic mass is 10.1. The minimum Gasteiger partial charge on any atom is -0.338 e. The molecule has 1 N–H and O–H groups in total. The van der Waals surface area contributed by atoms with Crippen LogP contribution in [0.5, 0.6) is 0 Å². The molecular weight excluding hydrogens is 256 g/mol. The molecule has 0 radical (unpaired) electrons. The van der Waals surface area contributed by atoms with Gasteiger partial charge in [-0.05, 0) is 26.3 Å². The molecule has 0 bridgehead atoms. The molecule has 2 fully saturated rings. The highest BCUT2D eigenvalue weighted by Gasteiger charge is 2.30. The van der Waals surface area contributed by atoms with Crippen molar-refractivity contribution in [1.82, 2.24) is 10.2 Å². The van der Waals surface area contributed by atoms with Gasteiger partial charge in [-0.15, -0.1) is 12.4 Å². The minimum atomic E-state index is 0. The van der Waals surface area contributed by atoms with Crippen molar-refractivity contribution in [3.05, 3.63) is 0 Å². The van der Waals surface area contributed by atoms with Crippen molar-refractivity contribution in [1.29, 1.82) is 0 Å². The normalized spacial score (nSPS) is 33.3. The van der Waals surface area contributed by atoms with E-state index in [4.69, 9.17) is 0 Å². The van der Waals surface area contributed by atoms with E-state index in [1.165, 1.54) is 6.42 Å². The van der Waals surface area contributed by atoms with Gasteiger partial charge in [0, 0.05) is 36.1 Å². The van der Waals surface area contributed by atoms with Crippen LogP contribution in [0.4, 0.5) is 0 Å². The lowest BCUT2D eigenvalue weighted by Crippen LogP contribution is -2.49. The molecule has 5 heteroatoms. The Bertz CT molecular complexity index is 259. The number of thioether (sulfide) groups is 1. The van der Waals surface area contributed by atoms with Crippen molar-refractivity contribution < 1.29 is 4.79 Å². The highest BCUT2D eigenvalue weighted by molar-refractivity contribution is 8.00. The highest BCUT2D eigenvalue weighted by Crippen LogP contribution is 2.25. The molecule has 17 heavy (non-hydrogen) atoms. The van der Waals surface area contributed by atoms with E-state index in [0.717, 1.165) is 25.3 Å². The molecule has 2 rings (SSSR count). The minimum absolute atomic E-state index is 0. The zero-order chi connectivity index (χ0) is 11.5. The number of hydrogen-bond acceptors (Lipinski definition) is 3. The predicted octanol–water partition coefficient (Wildman–Crippen LogP) is 1.90. The van der Waals surface area contributed by atoms with E-state index < -0.39 is 0 Å². The van der Waals surface area contributed by atoms with Gasteiger partial charge < -0.3 is 10.2 Å². The van der Waals surface area contributed by atoms with Gasteiger partial charge in [0.05, 0.1) is 0 Å². The number of halogens is 1. The molecule has 1 amide bonds. The number of hydrogen-bond donors (Lipinski definition) is 1. The molecule has 2 heterocycles. The van der Waals surface area contributed by atoms with Crippen molar-refractivity contribution in [3.63, 3.8) is 0 Å². The molecule has 3 nitrogen and oxygen atoms in total. The quantitative estimate of drug-likeness (QED) is 0.837. The molecule has 0 spiro atoms. The Labute approximate surface area is 114 Å². The van der Waals surface area contributed by atoms with Gasteiger partial charge in [0.25, 0.3) is 0 Å². The molecule has 0 aromatic heterocycles. The molecule has 2 aliphatic rings. The molecule has 0 aromatic carbocycles. The molecule has 0 saturated carbocycles. The maximum absolute atomic E-state index is 12.2. The molecule has 3 atom stereocenters. The summed E-state index contributed by atoms with van der Waals surface area (Å²) < 4.78 is 0. The number of carbonyl (C=O) groups excluding carboxylic acids is 1. The molecule has 100 valence electrons. The molecule has 0 aromatic rings. The topological polar surface area (TPSA) is 32.3 Å². The van der Waals surface area contributed by atoms with Crippen LogP contribution >= 0.6 is 24.2 Å². The summed E-state index contributed by atoms with van der Waals surface area (Å²) in [6.45, 7) is 6.42. The zero-order valence-electron chi connectivity index (χ0n) is 10.6. The highest BCUT2D eigenvalue weighted by atomic mass is 35.5. The second-order valence-electron chi connectivity index (χ2n) is 4.90. The molecule has 3 unspecified atom stereocenters. The van der Waals surface area contributed by atoms with Gasteiger partial charge in [-0.3, -0.25) is 4.79 Å². The van der Waals surface area contributed by atoms with Crippen LogP contribution in [0.2, 0.25) is 0 Å². The van der Waals surface area contributed by atoms with Crippen LogP contribution in [0, 0.1) is 0 Å². The first kappa shape index (κ1) is 15.1. The average Bonchev–Trinajstić information content (AvgIpc) is 2.74. The van der Waals surface area contributed by atoms with Gasteiger partial charge in [0.2, 0.25) is 5.91 Å². The van der Waals surface area contributed by atoms with Crippen molar-refractivity contribution in [2.45, 2.75) is 50.4 Å². The Hall–Kier alpha value is 0.0700. The van der Waals surface area contributed by atoms with Gasteiger partial charge >= 0.3 is 0 Å². The maximum Gasteiger partial charge on any atom is 0.224 e. The first-order chi connectivity index (χ1) is 7.68. The van der Waals surface area contributed by atoms with E-state index in [1.807, 2.05) is 11.8 Å². The van der Waals surface area contributed by atoms with Crippen LogP contribution in [0.15, 0.2) is 0 Å². The van der Waals surface area contributed by atoms with Crippen molar-refractivity contribution in [2.24, 2.45) is 0 Å². The lowest BCUT2D eigenvalue weighted by Gasteiger charge is -2.38. The van der Waals surface area contributed by atoms with Crippen molar-refractivity contribution in [3.8, 4) is 0 Å². The van der Waals surface area contributed by atoms with E-state index in [9.17, 15) is 4.79 Å². The first-order valence-corrected chi connectivity index (χ1v) is 7.38. The van der Waals surface area contributed by atoms with Crippen molar-refractivity contribution in [2.75, 3.05) is 18.8 Å². The van der Waals surface area contributed by atoms with E-state index >= 15 is 0 Å². The number of carbonyl (C=O) groups is 1. The molecule has 2 aliphatic heterocycles. The summed E-state index contributed by atoms with van der Waals surface area (Å²) >= 11 is 1.98. The SMILES string of the molecule is CC1SCCN(C(=O)CC2CCCN2)C1C.Cl. The summed E-state index contributed by atoms with van der Waals surface area (Å²) in [5.74, 6) is 1.44. The van der Waals surface area contributed by atoms with E-state index in [-0.39, 0.29) is 12.4 Å². The molecular formula is C12H23ClN2OS. The Morgan fingerprint density at radius 3 is 2.88 bits per heavy atom. The Balaban J connectivity index is 0.00000144. The third kappa shape index (κ3) is 3.76. The second-order valence-corrected chi connectivity index (χ2v) is 6.39. The van der Waals surface area contributed by atoms with Crippen molar-refractivity contribution >= 4 is 30.1 Å². The van der Waals surface area contributed by atoms with Gasteiger partial charge in [0.1, 0.15) is 0 Å². The number of nitrogens with zero attached hydrogens (tertiary/aromatic N) is 1. The summed E-state index contributed by atoms with van der Waals surface area (Å²) in [6, 6.07) is 0.831. The number of nitrogens with one attached hydrogen (secondary N) is 1. The maximum atomic E-state index is 12.2. The summed E-state index contributed by atoms with van der Waals surface area (Å²) in [5, 5.41) is 3.98. The predicted molar refractivity (Wildman–Crippen MR) is 76.0 cm³/mol. The lowest BCUT2D eigenvalue weighted by molar-refractivity contribution is -0.133. The van der Waals surface area contributed by atoms with Gasteiger partial charge in [-0.2, -0.15) is 11.8 Å². The first-order valence-electron chi connectivity index (χ1n) is 6.33. The monoisotopic (exact) mass is 278 g/mol. The third-order valence-electron chi connectivity index (χ3n) is 3.79. The van der Waals surface area contributed by atoms with Gasteiger partial charge in [-0.25, -0.2) is 0 Å². The van der Waals surface area contributed by atoms with Crippen LogP contribution < -0.4 is 5.32 Å². The number of amides is 1. The fourth-order valence-electron chi connectivity index (χ4n) is 2.54. The van der Waals surface area contributed by atoms with Crippen LogP contribution in [-0.2, 0) is 4.79 Å². The Morgan fingerprint density at radius 2 is 2.24 bits per heavy atom. The summed E-state index contributed by atoms with van der Waals surface area (Å²) in [5.41, 5.74) is 0. The van der Waals surface area contributed by atoms with Crippen LogP contribution in [-0.4, -0.2) is 47.0 Å². The summed E-state index contributed by atoms with van der Waals surface area (Å²) in [4.78, 5) is 14.3. The molecule has 2 saturated heterocycles. The van der Waals surface area contributed by atoms with Gasteiger partial charge in [0.15, 0.2) is 0 Å².